The van der Waals surface area contributed by atoms with Crippen LogP contribution in [0.1, 0.15) is 33.0 Å². The third-order valence-corrected chi connectivity index (χ3v) is 6.26. The molecule has 5 rings (SSSR count). The highest BCUT2D eigenvalue weighted by Crippen LogP contribution is 2.27. The van der Waals surface area contributed by atoms with Crippen molar-refractivity contribution in [3.05, 3.63) is 119 Å². The molecule has 5 aromatic rings. The standard InChI is InChI=1S/C29H27N5O/c1-20-26(21(2)33(31-20)24-15-9-5-10-16-24)19-30-29(35)27-22(3)34(25-17-11-6-12-18-25)32-28(27)23-13-7-4-8-14-23/h4-18H,19H2,1-3H3,(H,30,35). The van der Waals surface area contributed by atoms with Gasteiger partial charge in [-0.05, 0) is 45.0 Å². The zero-order valence-electron chi connectivity index (χ0n) is 20.1. The monoisotopic (exact) mass is 461 g/mol. The molecule has 0 saturated heterocycles. The third-order valence-electron chi connectivity index (χ3n) is 6.26. The Kier molecular flexibility index (Phi) is 6.02. The first-order chi connectivity index (χ1) is 17.0. The summed E-state index contributed by atoms with van der Waals surface area (Å²) in [6.07, 6.45) is 0. The first-order valence-corrected chi connectivity index (χ1v) is 11.6. The van der Waals surface area contributed by atoms with Gasteiger partial charge in [0.2, 0.25) is 0 Å². The Morgan fingerprint density at radius 2 is 1.23 bits per heavy atom. The van der Waals surface area contributed by atoms with Crippen LogP contribution in [0.15, 0.2) is 91.0 Å². The molecule has 0 aliphatic heterocycles. The van der Waals surface area contributed by atoms with Crippen LogP contribution in [-0.2, 0) is 6.54 Å². The van der Waals surface area contributed by atoms with E-state index in [4.69, 9.17) is 10.2 Å². The molecule has 0 saturated carbocycles. The Balaban J connectivity index is 1.48. The molecule has 6 nitrogen and oxygen atoms in total. The van der Waals surface area contributed by atoms with Crippen LogP contribution in [0.4, 0.5) is 0 Å². The smallest absolute Gasteiger partial charge is 0.255 e. The Bertz CT molecular complexity index is 1470. The lowest BCUT2D eigenvalue weighted by atomic mass is 10.1. The van der Waals surface area contributed by atoms with Gasteiger partial charge in [-0.1, -0.05) is 66.7 Å². The molecule has 0 atom stereocenters. The fourth-order valence-electron chi connectivity index (χ4n) is 4.40. The zero-order chi connectivity index (χ0) is 24.4. The molecule has 2 aromatic heterocycles. The minimum Gasteiger partial charge on any atom is -0.348 e. The Morgan fingerprint density at radius 3 is 1.80 bits per heavy atom. The number of aryl methyl sites for hydroxylation is 1. The molecule has 0 aliphatic rings. The molecule has 35 heavy (non-hydrogen) atoms. The van der Waals surface area contributed by atoms with Crippen molar-refractivity contribution < 1.29 is 4.79 Å². The van der Waals surface area contributed by atoms with Crippen LogP contribution >= 0.6 is 0 Å². The van der Waals surface area contributed by atoms with Crippen molar-refractivity contribution in [3.63, 3.8) is 0 Å². The van der Waals surface area contributed by atoms with E-state index in [1.54, 1.807) is 0 Å². The lowest BCUT2D eigenvalue weighted by Gasteiger charge is -2.09. The third kappa shape index (κ3) is 4.26. The maximum atomic E-state index is 13.6. The van der Waals surface area contributed by atoms with E-state index in [-0.39, 0.29) is 5.91 Å². The molecular weight excluding hydrogens is 434 g/mol. The average Bonchev–Trinajstić information content (AvgIpc) is 3.39. The van der Waals surface area contributed by atoms with Gasteiger partial charge in [-0.15, -0.1) is 0 Å². The number of rotatable bonds is 6. The molecule has 0 unspecified atom stereocenters. The topological polar surface area (TPSA) is 64.7 Å². The molecule has 0 bridgehead atoms. The molecule has 6 heteroatoms. The quantitative estimate of drug-likeness (QED) is 0.359. The van der Waals surface area contributed by atoms with Crippen molar-refractivity contribution in [2.45, 2.75) is 27.3 Å². The molecule has 0 radical (unpaired) electrons. The number of carbonyl (C=O) groups excluding carboxylic acids is 1. The molecule has 174 valence electrons. The van der Waals surface area contributed by atoms with Crippen LogP contribution in [0.2, 0.25) is 0 Å². The largest absolute Gasteiger partial charge is 0.348 e. The summed E-state index contributed by atoms with van der Waals surface area (Å²) in [4.78, 5) is 13.6. The fraction of sp³-hybridized carbons (Fsp3) is 0.138. The van der Waals surface area contributed by atoms with Crippen molar-refractivity contribution in [1.82, 2.24) is 24.9 Å². The van der Waals surface area contributed by atoms with E-state index in [2.05, 4.69) is 5.32 Å². The van der Waals surface area contributed by atoms with Crippen molar-refractivity contribution in [1.29, 1.82) is 0 Å². The Hall–Kier alpha value is -4.45. The van der Waals surface area contributed by atoms with Gasteiger partial charge in [0.25, 0.3) is 5.91 Å². The van der Waals surface area contributed by atoms with Crippen LogP contribution in [-0.4, -0.2) is 25.5 Å². The number of hydrogen-bond donors (Lipinski definition) is 1. The Morgan fingerprint density at radius 1 is 0.714 bits per heavy atom. The predicted octanol–water partition coefficient (Wildman–Crippen LogP) is 5.58. The summed E-state index contributed by atoms with van der Waals surface area (Å²) in [5.41, 5.74) is 7.76. The number of amides is 1. The lowest BCUT2D eigenvalue weighted by Crippen LogP contribution is -2.24. The minimum atomic E-state index is -0.158. The van der Waals surface area contributed by atoms with E-state index in [9.17, 15) is 4.79 Å². The number of nitrogens with one attached hydrogen (secondary N) is 1. The minimum absolute atomic E-state index is 0.158. The van der Waals surface area contributed by atoms with E-state index in [0.717, 1.165) is 39.6 Å². The first kappa shape index (κ1) is 22.3. The van der Waals surface area contributed by atoms with E-state index < -0.39 is 0 Å². The average molecular weight is 462 g/mol. The van der Waals surface area contributed by atoms with Gasteiger partial charge >= 0.3 is 0 Å². The molecule has 2 heterocycles. The van der Waals surface area contributed by atoms with Gasteiger partial charge in [-0.25, -0.2) is 9.36 Å². The number of carbonyl (C=O) groups is 1. The number of hydrogen-bond acceptors (Lipinski definition) is 3. The highest BCUT2D eigenvalue weighted by Gasteiger charge is 2.24. The van der Waals surface area contributed by atoms with E-state index in [1.165, 1.54) is 0 Å². The summed E-state index contributed by atoms with van der Waals surface area (Å²) in [5.74, 6) is -0.158. The van der Waals surface area contributed by atoms with Gasteiger partial charge in [0.1, 0.15) is 5.69 Å². The van der Waals surface area contributed by atoms with Crippen molar-refractivity contribution in [2.24, 2.45) is 0 Å². The van der Waals surface area contributed by atoms with Gasteiger partial charge in [-0.2, -0.15) is 10.2 Å². The second-order valence-corrected chi connectivity index (χ2v) is 8.50. The van der Waals surface area contributed by atoms with Gasteiger partial charge < -0.3 is 5.32 Å². The number of benzene rings is 3. The summed E-state index contributed by atoms with van der Waals surface area (Å²) >= 11 is 0. The van der Waals surface area contributed by atoms with Crippen LogP contribution in [0, 0.1) is 20.8 Å². The van der Waals surface area contributed by atoms with Crippen LogP contribution in [0.25, 0.3) is 22.6 Å². The zero-order valence-corrected chi connectivity index (χ0v) is 20.1. The van der Waals surface area contributed by atoms with E-state index in [0.29, 0.717) is 17.8 Å². The van der Waals surface area contributed by atoms with Crippen LogP contribution < -0.4 is 5.32 Å². The van der Waals surface area contributed by atoms with Gasteiger partial charge in [-0.3, -0.25) is 4.79 Å². The van der Waals surface area contributed by atoms with E-state index >= 15 is 0 Å². The maximum absolute atomic E-state index is 13.6. The van der Waals surface area contributed by atoms with Gasteiger partial charge in [0, 0.05) is 23.4 Å². The van der Waals surface area contributed by atoms with Crippen molar-refractivity contribution in [3.8, 4) is 22.6 Å². The highest BCUT2D eigenvalue weighted by atomic mass is 16.1. The van der Waals surface area contributed by atoms with Crippen molar-refractivity contribution >= 4 is 5.91 Å². The SMILES string of the molecule is Cc1nn(-c2ccccc2)c(C)c1CNC(=O)c1c(-c2ccccc2)nn(-c2ccccc2)c1C. The lowest BCUT2D eigenvalue weighted by molar-refractivity contribution is 0.0951. The predicted molar refractivity (Wildman–Crippen MR) is 138 cm³/mol. The molecular formula is C29H27N5O. The second-order valence-electron chi connectivity index (χ2n) is 8.50. The number of aromatic nitrogens is 4. The van der Waals surface area contributed by atoms with Crippen molar-refractivity contribution in [2.75, 3.05) is 0 Å². The summed E-state index contributed by atoms with van der Waals surface area (Å²) in [6, 6.07) is 29.7. The summed E-state index contributed by atoms with van der Waals surface area (Å²) in [6.45, 7) is 6.32. The maximum Gasteiger partial charge on any atom is 0.255 e. The second kappa shape index (κ2) is 9.43. The molecule has 3 aromatic carbocycles. The number of nitrogens with zero attached hydrogens (tertiary/aromatic N) is 4. The van der Waals surface area contributed by atoms with Crippen LogP contribution in [0.5, 0.6) is 0 Å². The van der Waals surface area contributed by atoms with Crippen LogP contribution in [0.3, 0.4) is 0 Å². The van der Waals surface area contributed by atoms with Gasteiger partial charge in [0.05, 0.1) is 28.3 Å². The summed E-state index contributed by atoms with van der Waals surface area (Å²) in [7, 11) is 0. The Labute approximate surface area is 204 Å². The summed E-state index contributed by atoms with van der Waals surface area (Å²) < 4.78 is 3.76. The molecule has 0 spiro atoms. The molecule has 0 fully saturated rings. The van der Waals surface area contributed by atoms with Gasteiger partial charge in [0.15, 0.2) is 0 Å². The number of para-hydroxylation sites is 2. The molecule has 1 amide bonds. The normalized spacial score (nSPS) is 10.9. The fourth-order valence-corrected chi connectivity index (χ4v) is 4.40. The molecule has 0 aliphatic carbocycles. The first-order valence-electron chi connectivity index (χ1n) is 11.6. The van der Waals surface area contributed by atoms with E-state index in [1.807, 2.05) is 121 Å². The highest BCUT2D eigenvalue weighted by molar-refractivity contribution is 6.01. The summed E-state index contributed by atoms with van der Waals surface area (Å²) in [5, 5.41) is 12.7. The molecule has 1 N–H and O–H groups in total.